The van der Waals surface area contributed by atoms with E-state index in [1.54, 1.807) is 13.2 Å². The lowest BCUT2D eigenvalue weighted by Gasteiger charge is -2.12. The van der Waals surface area contributed by atoms with Gasteiger partial charge in [0.2, 0.25) is 0 Å². The molecule has 0 aliphatic heterocycles. The van der Waals surface area contributed by atoms with E-state index in [1.165, 1.54) is 28.9 Å². The number of phenolic OH excluding ortho intramolecular Hbond substituents is 1. The van der Waals surface area contributed by atoms with Crippen molar-refractivity contribution in [2.45, 2.75) is 44.3 Å². The van der Waals surface area contributed by atoms with Crippen LogP contribution in [0.5, 0.6) is 11.5 Å². The Morgan fingerprint density at radius 1 is 1.02 bits per heavy atom. The van der Waals surface area contributed by atoms with Crippen LogP contribution in [0.2, 0.25) is 0 Å². The minimum Gasteiger partial charge on any atom is -0.507 e. The Balaban J connectivity index is 1.35. The molecule has 0 bridgehead atoms. The summed E-state index contributed by atoms with van der Waals surface area (Å²) in [5.41, 5.74) is 1.43. The molecule has 2 amide bonds. The number of rotatable bonds is 7. The van der Waals surface area contributed by atoms with E-state index >= 15 is 0 Å². The number of carbonyl (C=O) groups excluding carboxylic acids is 2. The Labute approximate surface area is 240 Å². The number of phenols is 1. The number of methoxy groups -OCH3 is 1. The van der Waals surface area contributed by atoms with Crippen molar-refractivity contribution in [2.24, 2.45) is 0 Å². The van der Waals surface area contributed by atoms with E-state index in [4.69, 9.17) is 4.74 Å². The zero-order chi connectivity index (χ0) is 29.9. The summed E-state index contributed by atoms with van der Waals surface area (Å²) >= 11 is 0. The van der Waals surface area contributed by atoms with Crippen LogP contribution >= 0.6 is 0 Å². The molecule has 1 aliphatic carbocycles. The summed E-state index contributed by atoms with van der Waals surface area (Å²) in [6.07, 6.45) is -0.648. The zero-order valence-corrected chi connectivity index (χ0v) is 22.7. The maximum Gasteiger partial charge on any atom is 0.416 e. The van der Waals surface area contributed by atoms with E-state index in [9.17, 15) is 27.9 Å². The van der Waals surface area contributed by atoms with E-state index < -0.39 is 23.7 Å². The summed E-state index contributed by atoms with van der Waals surface area (Å²) in [6.45, 7) is 0.285. The van der Waals surface area contributed by atoms with E-state index in [1.807, 2.05) is 24.3 Å². The van der Waals surface area contributed by atoms with E-state index in [-0.39, 0.29) is 29.5 Å². The summed E-state index contributed by atoms with van der Waals surface area (Å²) in [5.74, 6) is -0.106. The average Bonchev–Trinajstić information content (AvgIpc) is 3.67. The van der Waals surface area contributed by atoms with Crippen LogP contribution < -0.4 is 15.4 Å². The number of aromatic nitrogens is 2. The monoisotopic (exact) mass is 578 g/mol. The number of ether oxygens (including phenoxy) is 1. The first-order valence-electron chi connectivity index (χ1n) is 13.5. The van der Waals surface area contributed by atoms with Gasteiger partial charge >= 0.3 is 12.2 Å². The van der Waals surface area contributed by atoms with Crippen molar-refractivity contribution in [1.29, 1.82) is 0 Å². The minimum absolute atomic E-state index is 0.145. The van der Waals surface area contributed by atoms with Gasteiger partial charge in [0.15, 0.2) is 0 Å². The molecule has 218 valence electrons. The first-order chi connectivity index (χ1) is 20.1. The Morgan fingerprint density at radius 2 is 1.76 bits per heavy atom. The molecule has 0 radical (unpaired) electrons. The molecule has 0 unspecified atom stereocenters. The van der Waals surface area contributed by atoms with Gasteiger partial charge < -0.3 is 20.5 Å². The minimum atomic E-state index is -4.58. The van der Waals surface area contributed by atoms with Crippen molar-refractivity contribution >= 4 is 17.6 Å². The number of nitrogens with zero attached hydrogens (tertiary/aromatic N) is 2. The highest BCUT2D eigenvalue weighted by Gasteiger charge is 2.31. The number of benzene rings is 3. The van der Waals surface area contributed by atoms with E-state index in [2.05, 4.69) is 15.7 Å². The highest BCUT2D eigenvalue weighted by Crippen LogP contribution is 2.38. The van der Waals surface area contributed by atoms with Crippen LogP contribution in [0, 0.1) is 0 Å². The molecule has 42 heavy (non-hydrogen) atoms. The number of carbonyl (C=O) groups is 2. The zero-order valence-electron chi connectivity index (χ0n) is 22.7. The molecule has 3 aromatic carbocycles. The smallest absolute Gasteiger partial charge is 0.416 e. The highest BCUT2D eigenvalue weighted by atomic mass is 19.4. The standard InChI is InChI=1S/C31H29F3N4O4/c1-42-24-12-9-19(10-13-24)18-35-30(41)38-27(20-5-2-3-6-20)17-26(37-38)25-14-11-23(16-28(25)39)36-29(40)21-7-4-8-22(15-21)31(32,33)34/h4,7-17,20,39H,2-3,5-6,18H2,1H3,(H,35,41)(H,36,40). The molecular weight excluding hydrogens is 549 g/mol. The first-order valence-corrected chi connectivity index (χ1v) is 13.5. The normalized spacial score (nSPS) is 13.6. The molecule has 11 heteroatoms. The van der Waals surface area contributed by atoms with Gasteiger partial charge in [-0.1, -0.05) is 31.0 Å². The van der Waals surface area contributed by atoms with Gasteiger partial charge in [0, 0.05) is 35.3 Å². The Morgan fingerprint density at radius 3 is 2.43 bits per heavy atom. The van der Waals surface area contributed by atoms with Crippen LogP contribution in [0.4, 0.5) is 23.7 Å². The number of hydrogen-bond donors (Lipinski definition) is 3. The van der Waals surface area contributed by atoms with Crippen LogP contribution in [0.1, 0.15) is 58.8 Å². The number of nitrogens with one attached hydrogen (secondary N) is 2. The lowest BCUT2D eigenvalue weighted by Crippen LogP contribution is -2.30. The predicted molar refractivity (Wildman–Crippen MR) is 151 cm³/mol. The second kappa shape index (κ2) is 12.0. The molecule has 1 fully saturated rings. The Kier molecular flexibility index (Phi) is 8.19. The van der Waals surface area contributed by atoms with Crippen LogP contribution in [-0.4, -0.2) is 33.9 Å². The predicted octanol–water partition coefficient (Wildman–Crippen LogP) is 6.95. The fraction of sp³-hybridized carbons (Fsp3) is 0.258. The third kappa shape index (κ3) is 6.40. The molecule has 3 N–H and O–H groups in total. The van der Waals surface area contributed by atoms with Crippen molar-refractivity contribution in [2.75, 3.05) is 12.4 Å². The number of alkyl halides is 3. The van der Waals surface area contributed by atoms with Gasteiger partial charge in [0.1, 0.15) is 11.5 Å². The molecule has 5 rings (SSSR count). The Hall–Kier alpha value is -4.80. The van der Waals surface area contributed by atoms with E-state index in [0.29, 0.717) is 17.0 Å². The molecule has 0 saturated heterocycles. The third-order valence-electron chi connectivity index (χ3n) is 7.29. The van der Waals surface area contributed by atoms with Crippen LogP contribution in [0.25, 0.3) is 11.3 Å². The van der Waals surface area contributed by atoms with Crippen LogP contribution in [-0.2, 0) is 12.7 Å². The van der Waals surface area contributed by atoms with Gasteiger partial charge in [-0.25, -0.2) is 4.79 Å². The summed E-state index contributed by atoms with van der Waals surface area (Å²) < 4.78 is 45.6. The van der Waals surface area contributed by atoms with Crippen molar-refractivity contribution < 1.29 is 32.6 Å². The number of aromatic hydroxyl groups is 1. The largest absolute Gasteiger partial charge is 0.507 e. The van der Waals surface area contributed by atoms with Gasteiger partial charge in [-0.05, 0) is 66.9 Å². The van der Waals surface area contributed by atoms with Crippen molar-refractivity contribution in [3.05, 3.63) is 95.2 Å². The van der Waals surface area contributed by atoms with Gasteiger partial charge in [-0.2, -0.15) is 23.0 Å². The van der Waals surface area contributed by atoms with Gasteiger partial charge in [-0.15, -0.1) is 0 Å². The van der Waals surface area contributed by atoms with Gasteiger partial charge in [-0.3, -0.25) is 4.79 Å². The summed E-state index contributed by atoms with van der Waals surface area (Å²) in [6, 6.07) is 17.2. The van der Waals surface area contributed by atoms with Crippen LogP contribution in [0.3, 0.4) is 0 Å². The highest BCUT2D eigenvalue weighted by molar-refractivity contribution is 6.04. The van der Waals surface area contributed by atoms with Gasteiger partial charge in [0.25, 0.3) is 5.91 Å². The maximum atomic E-state index is 13.2. The maximum absolute atomic E-state index is 13.2. The van der Waals surface area contributed by atoms with E-state index in [0.717, 1.165) is 55.1 Å². The Bertz CT molecular complexity index is 1590. The fourth-order valence-electron chi connectivity index (χ4n) is 5.06. The number of halogens is 3. The molecule has 1 aromatic heterocycles. The summed E-state index contributed by atoms with van der Waals surface area (Å²) in [4.78, 5) is 25.8. The molecule has 1 heterocycles. The molecule has 4 aromatic rings. The molecule has 8 nitrogen and oxygen atoms in total. The molecule has 0 atom stereocenters. The number of hydrogen-bond acceptors (Lipinski definition) is 5. The van der Waals surface area contributed by atoms with Gasteiger partial charge in [0.05, 0.1) is 24.1 Å². The molecule has 0 spiro atoms. The second-order valence-corrected chi connectivity index (χ2v) is 10.1. The first kappa shape index (κ1) is 28.7. The van der Waals surface area contributed by atoms with Crippen molar-refractivity contribution in [3.63, 3.8) is 0 Å². The molecule has 1 saturated carbocycles. The summed E-state index contributed by atoms with van der Waals surface area (Å²) in [5, 5.41) is 20.8. The molecule has 1 aliphatic rings. The van der Waals surface area contributed by atoms with Crippen LogP contribution in [0.15, 0.2) is 72.8 Å². The quantitative estimate of drug-likeness (QED) is 0.220. The lowest BCUT2D eigenvalue weighted by atomic mass is 10.0. The average molecular weight is 579 g/mol. The van der Waals surface area contributed by atoms with Crippen molar-refractivity contribution in [3.8, 4) is 22.8 Å². The summed E-state index contributed by atoms with van der Waals surface area (Å²) in [7, 11) is 1.58. The SMILES string of the molecule is COc1ccc(CNC(=O)n2nc(-c3ccc(NC(=O)c4cccc(C(F)(F)F)c4)cc3O)cc2C2CCCC2)cc1. The molecular formula is C31H29F3N4O4. The second-order valence-electron chi connectivity index (χ2n) is 10.1. The van der Waals surface area contributed by atoms with Crippen molar-refractivity contribution in [1.82, 2.24) is 15.1 Å². The number of anilines is 1. The fourth-order valence-corrected chi connectivity index (χ4v) is 5.06. The third-order valence-corrected chi connectivity index (χ3v) is 7.29. The lowest BCUT2D eigenvalue weighted by molar-refractivity contribution is -0.137. The number of amides is 2. The topological polar surface area (TPSA) is 105 Å².